The van der Waals surface area contributed by atoms with Crippen LogP contribution in [0.1, 0.15) is 52.4 Å². The Hall–Kier alpha value is -0.0800. The van der Waals surface area contributed by atoms with Crippen molar-refractivity contribution < 1.29 is 5.11 Å². The van der Waals surface area contributed by atoms with Crippen molar-refractivity contribution in [2.45, 2.75) is 52.4 Å². The highest BCUT2D eigenvalue weighted by Crippen LogP contribution is 2.03. The minimum Gasteiger partial charge on any atom is -0.386 e. The monoisotopic (exact) mass is 186 g/mol. The summed E-state index contributed by atoms with van der Waals surface area (Å²) in [6.45, 7) is 5.65. The summed E-state index contributed by atoms with van der Waals surface area (Å²) in [5, 5.41) is 12.1. The average Bonchev–Trinajstić information content (AvgIpc) is 2.09. The van der Waals surface area contributed by atoms with E-state index in [9.17, 15) is 0 Å². The van der Waals surface area contributed by atoms with Crippen molar-refractivity contribution in [3.8, 4) is 0 Å². The summed E-state index contributed by atoms with van der Waals surface area (Å²) in [7, 11) is 0. The second-order valence-electron chi connectivity index (χ2n) is 3.68. The lowest BCUT2D eigenvalue weighted by Crippen LogP contribution is -2.20. The number of hydrogen-bond donors (Lipinski definition) is 2. The van der Waals surface area contributed by atoms with Crippen molar-refractivity contribution in [1.29, 1.82) is 0 Å². The van der Waals surface area contributed by atoms with Gasteiger partial charge in [0.05, 0.1) is 0 Å². The predicted octanol–water partition coefficient (Wildman–Crippen LogP) is 2.86. The zero-order valence-corrected chi connectivity index (χ0v) is 9.10. The lowest BCUT2D eigenvalue weighted by atomic mass is 10.1. The number of aliphatic hydroxyl groups is 1. The van der Waals surface area contributed by atoms with E-state index in [1.165, 1.54) is 38.5 Å². The van der Waals surface area contributed by atoms with E-state index in [0.29, 0.717) is 12.6 Å². The quantitative estimate of drug-likeness (QED) is 0.543. The second-order valence-corrected chi connectivity index (χ2v) is 3.68. The smallest absolute Gasteiger partial charge is 0.104 e. The highest BCUT2D eigenvalue weighted by molar-refractivity contribution is 4.70. The van der Waals surface area contributed by atoms with Crippen LogP contribution in [0.5, 0.6) is 0 Å². The van der Waals surface area contributed by atoms with Crippen LogP contribution in [0.3, 0.4) is 0 Å². The fourth-order valence-electron chi connectivity index (χ4n) is 1.30. The minimum absolute atomic E-state index is 0.478. The largest absolute Gasteiger partial charge is 0.386 e. The molecule has 0 unspecified atom stereocenters. The van der Waals surface area contributed by atoms with Crippen molar-refractivity contribution in [3.05, 3.63) is 6.10 Å². The van der Waals surface area contributed by atoms with Crippen molar-refractivity contribution in [3.63, 3.8) is 0 Å². The van der Waals surface area contributed by atoms with E-state index in [-0.39, 0.29) is 0 Å². The maximum absolute atomic E-state index is 8.88. The Morgan fingerprint density at radius 3 is 2.31 bits per heavy atom. The number of hydrogen-bond acceptors (Lipinski definition) is 2. The first kappa shape index (κ1) is 12.9. The Morgan fingerprint density at radius 1 is 1.08 bits per heavy atom. The Bertz CT molecular complexity index is 94.1. The summed E-state index contributed by atoms with van der Waals surface area (Å²) in [6.07, 6.45) is 8.45. The average molecular weight is 186 g/mol. The predicted molar refractivity (Wildman–Crippen MR) is 57.1 cm³/mol. The van der Waals surface area contributed by atoms with E-state index in [4.69, 9.17) is 5.11 Å². The van der Waals surface area contributed by atoms with Crippen LogP contribution in [0.15, 0.2) is 0 Å². The van der Waals surface area contributed by atoms with Gasteiger partial charge in [-0.05, 0) is 19.9 Å². The summed E-state index contributed by atoms with van der Waals surface area (Å²) in [5.74, 6) is 0. The molecule has 0 saturated carbocycles. The van der Waals surface area contributed by atoms with Crippen molar-refractivity contribution >= 4 is 0 Å². The Kier molecular flexibility index (Phi) is 9.94. The molecule has 0 fully saturated rings. The summed E-state index contributed by atoms with van der Waals surface area (Å²) in [6, 6.07) is 0. The minimum atomic E-state index is 0.478. The van der Waals surface area contributed by atoms with Crippen LogP contribution in [0.2, 0.25) is 0 Å². The van der Waals surface area contributed by atoms with Gasteiger partial charge in [0.25, 0.3) is 0 Å². The van der Waals surface area contributed by atoms with Crippen LogP contribution in [0.25, 0.3) is 0 Å². The van der Waals surface area contributed by atoms with E-state index < -0.39 is 0 Å². The van der Waals surface area contributed by atoms with Gasteiger partial charge in [0.1, 0.15) is 6.10 Å². The van der Waals surface area contributed by atoms with Gasteiger partial charge in [0, 0.05) is 6.54 Å². The maximum Gasteiger partial charge on any atom is 0.104 e. The Labute approximate surface area is 82.7 Å². The first-order chi connectivity index (χ1) is 6.27. The van der Waals surface area contributed by atoms with E-state index in [2.05, 4.69) is 12.2 Å². The number of unbranched alkanes of at least 4 members (excludes halogenated alkanes) is 5. The molecule has 0 aliphatic heterocycles. The van der Waals surface area contributed by atoms with Crippen molar-refractivity contribution in [1.82, 2.24) is 5.32 Å². The molecule has 2 nitrogen and oxygen atoms in total. The van der Waals surface area contributed by atoms with Crippen LogP contribution in [-0.2, 0) is 0 Å². The van der Waals surface area contributed by atoms with E-state index in [1.54, 1.807) is 6.92 Å². The number of rotatable bonds is 9. The first-order valence-corrected chi connectivity index (χ1v) is 5.49. The molecule has 2 N–H and O–H groups in total. The molecule has 0 aromatic carbocycles. The van der Waals surface area contributed by atoms with Gasteiger partial charge in [-0.1, -0.05) is 39.0 Å². The Balaban J connectivity index is 2.84. The van der Waals surface area contributed by atoms with Gasteiger partial charge in [-0.3, -0.25) is 0 Å². The molecule has 0 aromatic rings. The molecule has 0 saturated heterocycles. The third kappa shape index (κ3) is 11.9. The summed E-state index contributed by atoms with van der Waals surface area (Å²) in [4.78, 5) is 0. The van der Waals surface area contributed by atoms with E-state index in [0.717, 1.165) is 6.54 Å². The van der Waals surface area contributed by atoms with Crippen LogP contribution in [-0.4, -0.2) is 18.2 Å². The van der Waals surface area contributed by atoms with Gasteiger partial charge in [-0.25, -0.2) is 0 Å². The van der Waals surface area contributed by atoms with Crippen molar-refractivity contribution in [2.24, 2.45) is 0 Å². The zero-order valence-electron chi connectivity index (χ0n) is 9.10. The highest BCUT2D eigenvalue weighted by Gasteiger charge is 1.94. The van der Waals surface area contributed by atoms with Gasteiger partial charge >= 0.3 is 0 Å². The third-order valence-electron chi connectivity index (χ3n) is 2.09. The maximum atomic E-state index is 8.88. The molecule has 0 spiro atoms. The first-order valence-electron chi connectivity index (χ1n) is 5.49. The van der Waals surface area contributed by atoms with E-state index in [1.807, 2.05) is 0 Å². The Morgan fingerprint density at radius 2 is 1.69 bits per heavy atom. The van der Waals surface area contributed by atoms with Gasteiger partial charge in [-0.15, -0.1) is 0 Å². The van der Waals surface area contributed by atoms with Crippen LogP contribution in [0, 0.1) is 6.10 Å². The molecule has 0 aliphatic carbocycles. The number of aliphatic hydroxyl groups excluding tert-OH is 1. The fraction of sp³-hybridized carbons (Fsp3) is 0.909. The van der Waals surface area contributed by atoms with E-state index >= 15 is 0 Å². The molecular formula is C11H24NO. The van der Waals surface area contributed by atoms with Gasteiger partial charge < -0.3 is 10.4 Å². The summed E-state index contributed by atoms with van der Waals surface area (Å²) in [5.41, 5.74) is 0. The molecule has 79 valence electrons. The SMILES string of the molecule is CCCCCCCCNC[C](C)O. The lowest BCUT2D eigenvalue weighted by Gasteiger charge is -2.05. The molecule has 2 heteroatoms. The topological polar surface area (TPSA) is 32.3 Å². The molecule has 0 bridgehead atoms. The normalized spacial score (nSPS) is 11.1. The number of nitrogens with one attached hydrogen (secondary N) is 1. The molecule has 0 aliphatic rings. The van der Waals surface area contributed by atoms with Gasteiger partial charge in [0.15, 0.2) is 0 Å². The molecule has 13 heavy (non-hydrogen) atoms. The summed E-state index contributed by atoms with van der Waals surface area (Å²) >= 11 is 0. The lowest BCUT2D eigenvalue weighted by molar-refractivity contribution is 0.299. The third-order valence-corrected chi connectivity index (χ3v) is 2.09. The standard InChI is InChI=1S/C11H24NO/c1-3-4-5-6-7-8-9-12-10-11(2)13/h12-13H,3-10H2,1-2H3. The molecule has 0 aromatic heterocycles. The summed E-state index contributed by atoms with van der Waals surface area (Å²) < 4.78 is 0. The van der Waals surface area contributed by atoms with Crippen LogP contribution in [0.4, 0.5) is 0 Å². The molecule has 0 rings (SSSR count). The van der Waals surface area contributed by atoms with Crippen molar-refractivity contribution in [2.75, 3.05) is 13.1 Å². The molecular weight excluding hydrogens is 162 g/mol. The zero-order chi connectivity index (χ0) is 9.94. The molecule has 1 radical (unpaired) electrons. The van der Waals surface area contributed by atoms with Gasteiger partial charge in [-0.2, -0.15) is 0 Å². The van der Waals surface area contributed by atoms with Crippen LogP contribution >= 0.6 is 0 Å². The molecule has 0 heterocycles. The highest BCUT2D eigenvalue weighted by atomic mass is 16.3. The second kappa shape index (κ2) is 10.0. The van der Waals surface area contributed by atoms with Gasteiger partial charge in [0.2, 0.25) is 0 Å². The molecule has 0 amide bonds. The fourth-order valence-corrected chi connectivity index (χ4v) is 1.30. The van der Waals surface area contributed by atoms with Crippen LogP contribution < -0.4 is 5.32 Å². The molecule has 0 atom stereocenters.